The maximum Gasteiger partial charge on any atom is 0.125 e. The summed E-state index contributed by atoms with van der Waals surface area (Å²) in [7, 11) is 0. The van der Waals surface area contributed by atoms with Crippen LogP contribution in [0.3, 0.4) is 0 Å². The number of rotatable bonds is 4. The van der Waals surface area contributed by atoms with E-state index in [1.807, 2.05) is 24.6 Å². The molecule has 0 aliphatic rings. The van der Waals surface area contributed by atoms with Gasteiger partial charge in [0.05, 0.1) is 11.2 Å². The maximum atomic E-state index is 4.37. The van der Waals surface area contributed by atoms with Crippen molar-refractivity contribution in [3.8, 4) is 0 Å². The summed E-state index contributed by atoms with van der Waals surface area (Å²) in [6.45, 7) is 6.87. The van der Waals surface area contributed by atoms with Gasteiger partial charge in [-0.15, -0.1) is 11.3 Å². The average molecular weight is 248 g/mol. The molecule has 0 saturated carbocycles. The van der Waals surface area contributed by atoms with Crippen LogP contribution in [-0.4, -0.2) is 15.0 Å². The monoisotopic (exact) mass is 248 g/mol. The number of hydrogen-bond donors (Lipinski definition) is 1. The second-order valence-electron chi connectivity index (χ2n) is 4.41. The lowest BCUT2D eigenvalue weighted by atomic mass is 10.1. The van der Waals surface area contributed by atoms with E-state index in [0.717, 1.165) is 23.1 Å². The summed E-state index contributed by atoms with van der Waals surface area (Å²) >= 11 is 1.66. The van der Waals surface area contributed by atoms with Gasteiger partial charge in [0.25, 0.3) is 0 Å². The fourth-order valence-corrected chi connectivity index (χ4v) is 2.26. The SMILES string of the molecule is Cc1nccc(CNC(C)(C)c2nccs2)n1. The van der Waals surface area contributed by atoms with Crippen molar-refractivity contribution in [3.05, 3.63) is 40.4 Å². The number of thiazole rings is 1. The lowest BCUT2D eigenvalue weighted by molar-refractivity contribution is 0.396. The van der Waals surface area contributed by atoms with Gasteiger partial charge in [-0.1, -0.05) is 0 Å². The first kappa shape index (κ1) is 12.1. The van der Waals surface area contributed by atoms with Gasteiger partial charge in [-0.05, 0) is 26.8 Å². The van der Waals surface area contributed by atoms with Gasteiger partial charge in [0, 0.05) is 24.3 Å². The lowest BCUT2D eigenvalue weighted by Gasteiger charge is -2.23. The quantitative estimate of drug-likeness (QED) is 0.901. The third kappa shape index (κ3) is 3.08. The minimum absolute atomic E-state index is 0.132. The molecule has 90 valence electrons. The molecule has 2 rings (SSSR count). The molecule has 0 spiro atoms. The molecule has 0 aromatic carbocycles. The predicted molar refractivity (Wildman–Crippen MR) is 68.7 cm³/mol. The van der Waals surface area contributed by atoms with Crippen LogP contribution in [0.4, 0.5) is 0 Å². The molecule has 4 nitrogen and oxygen atoms in total. The van der Waals surface area contributed by atoms with Crippen LogP contribution in [0.5, 0.6) is 0 Å². The molecule has 0 unspecified atom stereocenters. The zero-order valence-corrected chi connectivity index (χ0v) is 11.1. The number of aromatic nitrogens is 3. The van der Waals surface area contributed by atoms with Gasteiger partial charge in [0.2, 0.25) is 0 Å². The highest BCUT2D eigenvalue weighted by atomic mass is 32.1. The fraction of sp³-hybridized carbons (Fsp3) is 0.417. The van der Waals surface area contributed by atoms with Crippen LogP contribution in [0.1, 0.15) is 30.4 Å². The van der Waals surface area contributed by atoms with Crippen molar-refractivity contribution >= 4 is 11.3 Å². The highest BCUT2D eigenvalue weighted by molar-refractivity contribution is 7.09. The average Bonchev–Trinajstić information content (AvgIpc) is 2.81. The van der Waals surface area contributed by atoms with Crippen molar-refractivity contribution < 1.29 is 0 Å². The molecule has 0 aliphatic heterocycles. The third-order valence-electron chi connectivity index (χ3n) is 2.51. The molecule has 2 aromatic rings. The molecular formula is C12H16N4S. The van der Waals surface area contributed by atoms with E-state index in [1.165, 1.54) is 0 Å². The molecule has 1 N–H and O–H groups in total. The van der Waals surface area contributed by atoms with Crippen LogP contribution in [0.25, 0.3) is 0 Å². The van der Waals surface area contributed by atoms with Crippen molar-refractivity contribution in [2.24, 2.45) is 0 Å². The van der Waals surface area contributed by atoms with E-state index in [2.05, 4.69) is 34.1 Å². The van der Waals surface area contributed by atoms with Crippen molar-refractivity contribution in [3.63, 3.8) is 0 Å². The standard InChI is InChI=1S/C12H16N4S/c1-9-13-5-4-10(16-9)8-15-12(2,3)11-14-6-7-17-11/h4-7,15H,8H2,1-3H3. The molecule has 0 atom stereocenters. The van der Waals surface area contributed by atoms with E-state index in [9.17, 15) is 0 Å². The van der Waals surface area contributed by atoms with Crippen LogP contribution in [0.15, 0.2) is 23.8 Å². The first-order chi connectivity index (χ1) is 8.08. The Morgan fingerprint density at radius 1 is 1.29 bits per heavy atom. The summed E-state index contributed by atoms with van der Waals surface area (Å²) in [4.78, 5) is 12.8. The second-order valence-corrected chi connectivity index (χ2v) is 5.31. The van der Waals surface area contributed by atoms with Gasteiger partial charge in [-0.25, -0.2) is 15.0 Å². The van der Waals surface area contributed by atoms with Crippen LogP contribution < -0.4 is 5.32 Å². The molecule has 0 amide bonds. The van der Waals surface area contributed by atoms with Gasteiger partial charge in [-0.2, -0.15) is 0 Å². The summed E-state index contributed by atoms with van der Waals surface area (Å²) < 4.78 is 0. The Hall–Kier alpha value is -1.33. The van der Waals surface area contributed by atoms with Gasteiger partial charge >= 0.3 is 0 Å². The largest absolute Gasteiger partial charge is 0.300 e. The molecule has 2 heterocycles. The van der Waals surface area contributed by atoms with E-state index < -0.39 is 0 Å². The number of nitrogens with one attached hydrogen (secondary N) is 1. The topological polar surface area (TPSA) is 50.7 Å². The number of hydrogen-bond acceptors (Lipinski definition) is 5. The number of aryl methyl sites for hydroxylation is 1. The van der Waals surface area contributed by atoms with Crippen LogP contribution >= 0.6 is 11.3 Å². The van der Waals surface area contributed by atoms with Crippen molar-refractivity contribution in [2.45, 2.75) is 32.9 Å². The molecule has 5 heteroatoms. The first-order valence-electron chi connectivity index (χ1n) is 5.51. The summed E-state index contributed by atoms with van der Waals surface area (Å²) in [5, 5.41) is 6.54. The molecule has 0 bridgehead atoms. The molecule has 0 fully saturated rings. The van der Waals surface area contributed by atoms with E-state index in [1.54, 1.807) is 17.5 Å². The first-order valence-corrected chi connectivity index (χ1v) is 6.39. The minimum Gasteiger partial charge on any atom is -0.300 e. The summed E-state index contributed by atoms with van der Waals surface area (Å²) in [5.74, 6) is 0.802. The van der Waals surface area contributed by atoms with Crippen molar-refractivity contribution in [1.29, 1.82) is 0 Å². The zero-order chi connectivity index (χ0) is 12.3. The Labute approximate surface area is 105 Å². The van der Waals surface area contributed by atoms with Gasteiger partial charge in [-0.3, -0.25) is 0 Å². The second kappa shape index (κ2) is 4.89. The normalized spacial score (nSPS) is 11.7. The Balaban J connectivity index is 2.03. The van der Waals surface area contributed by atoms with Crippen LogP contribution in [0.2, 0.25) is 0 Å². The lowest BCUT2D eigenvalue weighted by Crippen LogP contribution is -2.36. The highest BCUT2D eigenvalue weighted by Gasteiger charge is 2.22. The molecule has 0 saturated heterocycles. The van der Waals surface area contributed by atoms with E-state index in [0.29, 0.717) is 0 Å². The molecule has 17 heavy (non-hydrogen) atoms. The Morgan fingerprint density at radius 3 is 2.76 bits per heavy atom. The van der Waals surface area contributed by atoms with E-state index in [-0.39, 0.29) is 5.54 Å². The molecule has 2 aromatic heterocycles. The number of nitrogens with zero attached hydrogens (tertiary/aromatic N) is 3. The Morgan fingerprint density at radius 2 is 2.12 bits per heavy atom. The summed E-state index contributed by atoms with van der Waals surface area (Å²) in [6, 6.07) is 1.93. The minimum atomic E-state index is -0.132. The molecule has 0 radical (unpaired) electrons. The van der Waals surface area contributed by atoms with Gasteiger partial charge in [0.15, 0.2) is 0 Å². The molecular weight excluding hydrogens is 232 g/mol. The van der Waals surface area contributed by atoms with Crippen molar-refractivity contribution in [2.75, 3.05) is 0 Å². The van der Waals surface area contributed by atoms with Crippen molar-refractivity contribution in [1.82, 2.24) is 20.3 Å². The smallest absolute Gasteiger partial charge is 0.125 e. The van der Waals surface area contributed by atoms with Gasteiger partial charge < -0.3 is 5.32 Å². The Bertz CT molecular complexity index is 479. The van der Waals surface area contributed by atoms with Crippen LogP contribution in [-0.2, 0) is 12.1 Å². The fourth-order valence-electron chi connectivity index (χ4n) is 1.52. The van der Waals surface area contributed by atoms with Crippen LogP contribution in [0, 0.1) is 6.92 Å². The summed E-state index contributed by atoms with van der Waals surface area (Å²) in [6.07, 6.45) is 3.62. The third-order valence-corrected chi connectivity index (χ3v) is 3.61. The highest BCUT2D eigenvalue weighted by Crippen LogP contribution is 2.22. The zero-order valence-electron chi connectivity index (χ0n) is 10.3. The molecule has 0 aliphatic carbocycles. The van der Waals surface area contributed by atoms with Gasteiger partial charge in [0.1, 0.15) is 10.8 Å². The maximum absolute atomic E-state index is 4.37. The van der Waals surface area contributed by atoms with E-state index >= 15 is 0 Å². The Kier molecular flexibility index (Phi) is 3.49. The van der Waals surface area contributed by atoms with E-state index in [4.69, 9.17) is 0 Å². The summed E-state index contributed by atoms with van der Waals surface area (Å²) in [5.41, 5.74) is 0.870. The predicted octanol–water partition coefficient (Wildman–Crippen LogP) is 2.27.